The Balaban J connectivity index is 2.07. The molecule has 0 fully saturated rings. The van der Waals surface area contributed by atoms with Gasteiger partial charge in [0.2, 0.25) is 0 Å². The summed E-state index contributed by atoms with van der Waals surface area (Å²) in [5.74, 6) is 0. The summed E-state index contributed by atoms with van der Waals surface area (Å²) in [6, 6.07) is 22.7. The van der Waals surface area contributed by atoms with Gasteiger partial charge in [-0.25, -0.2) is 0 Å². The van der Waals surface area contributed by atoms with Gasteiger partial charge in [-0.05, 0) is 29.3 Å². The maximum Gasteiger partial charge on any atom is 0.432 e. The van der Waals surface area contributed by atoms with Crippen molar-refractivity contribution < 1.29 is 13.2 Å². The third-order valence-corrected chi connectivity index (χ3v) is 4.78. The molecule has 4 aromatic rings. The number of alkyl halides is 3. The molecule has 0 aliphatic carbocycles. The molecule has 1 aromatic heterocycles. The molecule has 0 spiro atoms. The minimum atomic E-state index is -4.51. The molecule has 5 heteroatoms. The summed E-state index contributed by atoms with van der Waals surface area (Å²) in [5.41, 5.74) is 1.33. The Hall–Kier alpha value is -2.72. The van der Waals surface area contributed by atoms with Gasteiger partial charge in [0.25, 0.3) is 0 Å². The molecule has 0 aliphatic rings. The molecule has 0 amide bonds. The maximum atomic E-state index is 14.2. The molecule has 0 unspecified atom stereocenters. The Morgan fingerprint density at radius 1 is 0.815 bits per heavy atom. The van der Waals surface area contributed by atoms with Crippen LogP contribution >= 0.6 is 11.6 Å². The zero-order valence-electron chi connectivity index (χ0n) is 14.2. The van der Waals surface area contributed by atoms with Crippen LogP contribution in [-0.4, -0.2) is 4.57 Å². The van der Waals surface area contributed by atoms with Crippen molar-refractivity contribution in [1.82, 2.24) is 4.57 Å². The largest absolute Gasteiger partial charge is 0.432 e. The van der Waals surface area contributed by atoms with Crippen LogP contribution in [0.4, 0.5) is 13.2 Å². The average Bonchev–Trinajstić information content (AvgIpc) is 2.97. The molecular formula is C22H15ClF3N. The number of fused-ring (bicyclic) bond motifs is 1. The fourth-order valence-corrected chi connectivity index (χ4v) is 3.62. The Labute approximate surface area is 159 Å². The second kappa shape index (κ2) is 6.78. The summed E-state index contributed by atoms with van der Waals surface area (Å²) in [4.78, 5) is 0. The number of benzene rings is 3. The molecule has 0 aliphatic heterocycles. The molecule has 0 saturated heterocycles. The van der Waals surface area contributed by atoms with Gasteiger partial charge in [-0.2, -0.15) is 13.2 Å². The minimum absolute atomic E-state index is 0.126. The first-order valence-electron chi connectivity index (χ1n) is 8.43. The summed E-state index contributed by atoms with van der Waals surface area (Å²) < 4.78 is 43.9. The van der Waals surface area contributed by atoms with Gasteiger partial charge in [-0.3, -0.25) is 0 Å². The average molecular weight is 386 g/mol. The van der Waals surface area contributed by atoms with Gasteiger partial charge in [0.15, 0.2) is 0 Å². The first kappa shape index (κ1) is 17.7. The van der Waals surface area contributed by atoms with Gasteiger partial charge in [0.1, 0.15) is 5.69 Å². The van der Waals surface area contributed by atoms with Gasteiger partial charge < -0.3 is 4.57 Å². The molecule has 27 heavy (non-hydrogen) atoms. The first-order chi connectivity index (χ1) is 12.9. The van der Waals surface area contributed by atoms with Gasteiger partial charge >= 0.3 is 6.18 Å². The smallest absolute Gasteiger partial charge is 0.332 e. The molecule has 3 aromatic carbocycles. The fraction of sp³-hybridized carbons (Fsp3) is 0.0909. The zero-order chi connectivity index (χ0) is 19.0. The second-order valence-corrected chi connectivity index (χ2v) is 6.76. The van der Waals surface area contributed by atoms with Crippen LogP contribution in [0.1, 0.15) is 11.3 Å². The van der Waals surface area contributed by atoms with Crippen LogP contribution in [-0.2, 0) is 12.7 Å². The standard InChI is InChI=1S/C22H15ClF3N/c23-17-11-12-19-18(13-17)20(16-9-5-2-6-10-16)21(22(24,25)26)27(19)14-15-7-3-1-4-8-15/h1-13H,14H2. The second-order valence-electron chi connectivity index (χ2n) is 6.32. The lowest BCUT2D eigenvalue weighted by molar-refractivity contribution is -0.142. The molecule has 0 bridgehead atoms. The number of rotatable bonds is 3. The van der Waals surface area contributed by atoms with Crippen LogP contribution in [0.2, 0.25) is 5.02 Å². The molecule has 0 atom stereocenters. The number of nitrogens with zero attached hydrogens (tertiary/aromatic N) is 1. The predicted octanol–water partition coefficient (Wildman–Crippen LogP) is 7.03. The fourth-order valence-electron chi connectivity index (χ4n) is 3.45. The summed E-state index contributed by atoms with van der Waals surface area (Å²) in [6.45, 7) is 0.126. The molecule has 4 rings (SSSR count). The van der Waals surface area contributed by atoms with Gasteiger partial charge in [-0.1, -0.05) is 72.3 Å². The molecule has 0 N–H and O–H groups in total. The van der Waals surface area contributed by atoms with E-state index >= 15 is 0 Å². The highest BCUT2D eigenvalue weighted by Crippen LogP contribution is 2.44. The summed E-state index contributed by atoms with van der Waals surface area (Å²) in [6.07, 6.45) is -4.51. The van der Waals surface area contributed by atoms with Crippen molar-refractivity contribution in [3.8, 4) is 11.1 Å². The predicted molar refractivity (Wildman–Crippen MR) is 103 cm³/mol. The third-order valence-electron chi connectivity index (χ3n) is 4.54. The van der Waals surface area contributed by atoms with E-state index in [9.17, 15) is 13.2 Å². The van der Waals surface area contributed by atoms with Crippen LogP contribution in [0, 0.1) is 0 Å². The van der Waals surface area contributed by atoms with E-state index in [1.54, 1.807) is 48.5 Å². The Kier molecular flexibility index (Phi) is 4.44. The van der Waals surface area contributed by atoms with Crippen molar-refractivity contribution in [3.05, 3.63) is 95.1 Å². The van der Waals surface area contributed by atoms with E-state index < -0.39 is 11.9 Å². The summed E-state index contributed by atoms with van der Waals surface area (Å²) >= 11 is 6.12. The van der Waals surface area contributed by atoms with Crippen LogP contribution in [0.5, 0.6) is 0 Å². The van der Waals surface area contributed by atoms with Gasteiger partial charge in [-0.15, -0.1) is 0 Å². The van der Waals surface area contributed by atoms with E-state index in [-0.39, 0.29) is 12.1 Å². The molecule has 136 valence electrons. The van der Waals surface area contributed by atoms with Gasteiger partial charge in [0, 0.05) is 28.0 Å². The third kappa shape index (κ3) is 3.33. The van der Waals surface area contributed by atoms with Crippen LogP contribution in [0.15, 0.2) is 78.9 Å². The first-order valence-corrected chi connectivity index (χ1v) is 8.81. The lowest BCUT2D eigenvalue weighted by atomic mass is 10.0. The highest BCUT2D eigenvalue weighted by molar-refractivity contribution is 6.31. The van der Waals surface area contributed by atoms with Crippen molar-refractivity contribution >= 4 is 22.5 Å². The lowest BCUT2D eigenvalue weighted by Gasteiger charge is -2.15. The number of hydrogen-bond donors (Lipinski definition) is 0. The maximum absolute atomic E-state index is 14.2. The van der Waals surface area contributed by atoms with E-state index in [0.717, 1.165) is 5.56 Å². The summed E-state index contributed by atoms with van der Waals surface area (Å²) in [7, 11) is 0. The van der Waals surface area contributed by atoms with Crippen molar-refractivity contribution in [2.75, 3.05) is 0 Å². The minimum Gasteiger partial charge on any atom is -0.332 e. The number of halogens is 4. The lowest BCUT2D eigenvalue weighted by Crippen LogP contribution is -2.15. The van der Waals surface area contributed by atoms with Crippen molar-refractivity contribution in [3.63, 3.8) is 0 Å². The topological polar surface area (TPSA) is 4.93 Å². The SMILES string of the molecule is FC(F)(F)c1c(-c2ccccc2)c2cc(Cl)ccc2n1Cc1ccccc1. The highest BCUT2D eigenvalue weighted by atomic mass is 35.5. The van der Waals surface area contributed by atoms with Crippen LogP contribution in [0.3, 0.4) is 0 Å². The molecular weight excluding hydrogens is 371 g/mol. The van der Waals surface area contributed by atoms with E-state index in [0.29, 0.717) is 21.5 Å². The Morgan fingerprint density at radius 2 is 1.44 bits per heavy atom. The van der Waals surface area contributed by atoms with Gasteiger partial charge in [0.05, 0.1) is 0 Å². The van der Waals surface area contributed by atoms with Crippen molar-refractivity contribution in [1.29, 1.82) is 0 Å². The van der Waals surface area contributed by atoms with Crippen LogP contribution < -0.4 is 0 Å². The van der Waals surface area contributed by atoms with Crippen molar-refractivity contribution in [2.45, 2.75) is 12.7 Å². The number of aromatic nitrogens is 1. The van der Waals surface area contributed by atoms with Crippen LogP contribution in [0.25, 0.3) is 22.0 Å². The normalized spacial score (nSPS) is 11.9. The van der Waals surface area contributed by atoms with E-state index in [1.165, 1.54) is 4.57 Å². The molecule has 0 saturated carbocycles. The van der Waals surface area contributed by atoms with E-state index in [1.807, 2.05) is 30.3 Å². The zero-order valence-corrected chi connectivity index (χ0v) is 14.9. The highest BCUT2D eigenvalue weighted by Gasteiger charge is 2.39. The van der Waals surface area contributed by atoms with Crippen molar-refractivity contribution in [2.24, 2.45) is 0 Å². The van der Waals surface area contributed by atoms with E-state index in [2.05, 4.69) is 0 Å². The quantitative estimate of drug-likeness (QED) is 0.357. The molecule has 1 nitrogen and oxygen atoms in total. The Bertz CT molecular complexity index is 1080. The number of hydrogen-bond acceptors (Lipinski definition) is 0. The molecule has 0 radical (unpaired) electrons. The Morgan fingerprint density at radius 3 is 2.07 bits per heavy atom. The van der Waals surface area contributed by atoms with E-state index in [4.69, 9.17) is 11.6 Å². The molecule has 1 heterocycles. The summed E-state index contributed by atoms with van der Waals surface area (Å²) in [5, 5.41) is 0.905. The monoisotopic (exact) mass is 385 g/mol.